The first-order valence-corrected chi connectivity index (χ1v) is 12.0. The lowest BCUT2D eigenvalue weighted by Crippen LogP contribution is -2.40. The number of thioether (sulfide) groups is 1. The van der Waals surface area contributed by atoms with E-state index in [-0.39, 0.29) is 11.9 Å². The zero-order chi connectivity index (χ0) is 19.8. The summed E-state index contributed by atoms with van der Waals surface area (Å²) in [5.74, 6) is 2.96. The molecule has 1 amide bonds. The van der Waals surface area contributed by atoms with Gasteiger partial charge in [0, 0.05) is 17.3 Å². The molecule has 5 rings (SSSR count). The molecule has 1 fully saturated rings. The molecule has 0 aromatic carbocycles. The van der Waals surface area contributed by atoms with Gasteiger partial charge in [-0.05, 0) is 54.8 Å². The van der Waals surface area contributed by atoms with E-state index < -0.39 is 0 Å². The van der Waals surface area contributed by atoms with Crippen LogP contribution in [0.15, 0.2) is 39.4 Å². The molecule has 1 saturated carbocycles. The van der Waals surface area contributed by atoms with Crippen LogP contribution in [0.5, 0.6) is 0 Å². The molecular formula is C21H24N4O2S2. The fourth-order valence-electron chi connectivity index (χ4n) is 4.10. The zero-order valence-corrected chi connectivity index (χ0v) is 18.0. The number of hydrogen-bond donors (Lipinski definition) is 0. The average Bonchev–Trinajstić information content (AvgIpc) is 3.12. The van der Waals surface area contributed by atoms with Gasteiger partial charge in [-0.1, -0.05) is 18.7 Å². The van der Waals surface area contributed by atoms with Gasteiger partial charge in [0.1, 0.15) is 11.6 Å². The smallest absolute Gasteiger partial charge is 0.233 e. The Morgan fingerprint density at radius 1 is 1.34 bits per heavy atom. The van der Waals surface area contributed by atoms with Gasteiger partial charge < -0.3 is 9.32 Å². The Labute approximate surface area is 178 Å². The molecule has 4 heterocycles. The van der Waals surface area contributed by atoms with E-state index in [1.807, 2.05) is 23.5 Å². The van der Waals surface area contributed by atoms with Crippen LogP contribution in [0.1, 0.15) is 60.2 Å². The lowest BCUT2D eigenvalue weighted by molar-refractivity contribution is -0.131. The highest BCUT2D eigenvalue weighted by Crippen LogP contribution is 2.40. The van der Waals surface area contributed by atoms with Crippen LogP contribution in [-0.2, 0) is 17.8 Å². The van der Waals surface area contributed by atoms with Crippen molar-refractivity contribution in [3.63, 3.8) is 0 Å². The van der Waals surface area contributed by atoms with E-state index in [2.05, 4.69) is 38.0 Å². The van der Waals surface area contributed by atoms with Crippen LogP contribution in [0.2, 0.25) is 0 Å². The van der Waals surface area contributed by atoms with Crippen molar-refractivity contribution < 1.29 is 9.21 Å². The number of hydrogen-bond acceptors (Lipinski definition) is 6. The van der Waals surface area contributed by atoms with Crippen LogP contribution in [0.25, 0.3) is 0 Å². The predicted molar refractivity (Wildman–Crippen MR) is 113 cm³/mol. The summed E-state index contributed by atoms with van der Waals surface area (Å²) < 4.78 is 7.66. The molecule has 1 unspecified atom stereocenters. The average molecular weight is 429 g/mol. The van der Waals surface area contributed by atoms with E-state index >= 15 is 0 Å². The van der Waals surface area contributed by atoms with Gasteiger partial charge in [-0.2, -0.15) is 0 Å². The molecule has 0 N–H and O–H groups in total. The summed E-state index contributed by atoms with van der Waals surface area (Å²) in [4.78, 5) is 16.6. The highest BCUT2D eigenvalue weighted by molar-refractivity contribution is 7.99. The first-order chi connectivity index (χ1) is 14.2. The SMILES string of the molecule is CCC1c2ccsc2CCN1C(=O)CSc1nnc(C2CC2)n1Cc1ccco1. The maximum atomic E-state index is 13.1. The number of aromatic nitrogens is 3. The van der Waals surface area contributed by atoms with Gasteiger partial charge in [0.15, 0.2) is 5.16 Å². The molecule has 3 aromatic heterocycles. The fraction of sp³-hybridized carbons (Fsp3) is 0.476. The number of thiophene rings is 1. The summed E-state index contributed by atoms with van der Waals surface area (Å²) >= 11 is 3.30. The second-order valence-corrected chi connectivity index (χ2v) is 9.57. The lowest BCUT2D eigenvalue weighted by atomic mass is 9.98. The predicted octanol–water partition coefficient (Wildman–Crippen LogP) is 4.49. The number of carbonyl (C=O) groups excluding carboxylic acids is 1. The molecule has 3 aromatic rings. The monoisotopic (exact) mass is 428 g/mol. The van der Waals surface area contributed by atoms with E-state index in [9.17, 15) is 4.79 Å². The van der Waals surface area contributed by atoms with Gasteiger partial charge in [0.2, 0.25) is 5.91 Å². The summed E-state index contributed by atoms with van der Waals surface area (Å²) in [5, 5.41) is 11.8. The Hall–Kier alpha value is -2.06. The van der Waals surface area contributed by atoms with Crippen LogP contribution >= 0.6 is 23.1 Å². The fourth-order valence-corrected chi connectivity index (χ4v) is 5.86. The molecule has 0 saturated heterocycles. The first-order valence-electron chi connectivity index (χ1n) is 10.2. The van der Waals surface area contributed by atoms with Gasteiger partial charge >= 0.3 is 0 Å². The van der Waals surface area contributed by atoms with Crippen molar-refractivity contribution in [1.82, 2.24) is 19.7 Å². The number of carbonyl (C=O) groups is 1. The third kappa shape index (κ3) is 3.75. The third-order valence-electron chi connectivity index (χ3n) is 5.71. The number of nitrogens with zero attached hydrogens (tertiary/aromatic N) is 4. The molecular weight excluding hydrogens is 404 g/mol. The Morgan fingerprint density at radius 3 is 3.00 bits per heavy atom. The van der Waals surface area contributed by atoms with Crippen molar-refractivity contribution >= 4 is 29.0 Å². The Bertz CT molecular complexity index is 990. The van der Waals surface area contributed by atoms with Gasteiger partial charge in [-0.25, -0.2) is 0 Å². The van der Waals surface area contributed by atoms with Crippen LogP contribution < -0.4 is 0 Å². The van der Waals surface area contributed by atoms with E-state index in [1.54, 1.807) is 6.26 Å². The molecule has 1 aliphatic carbocycles. The minimum absolute atomic E-state index is 0.180. The number of furan rings is 1. The summed E-state index contributed by atoms with van der Waals surface area (Å²) in [5.41, 5.74) is 1.33. The highest BCUT2D eigenvalue weighted by atomic mass is 32.2. The van der Waals surface area contributed by atoms with Crippen molar-refractivity contribution in [2.24, 2.45) is 0 Å². The van der Waals surface area contributed by atoms with E-state index in [0.717, 1.165) is 49.0 Å². The van der Waals surface area contributed by atoms with Crippen molar-refractivity contribution in [3.05, 3.63) is 51.9 Å². The number of rotatable bonds is 7. The second kappa shape index (κ2) is 7.99. The summed E-state index contributed by atoms with van der Waals surface area (Å²) in [6, 6.07) is 6.24. The van der Waals surface area contributed by atoms with E-state index in [4.69, 9.17) is 4.42 Å². The molecule has 6 nitrogen and oxygen atoms in total. The van der Waals surface area contributed by atoms with E-state index in [0.29, 0.717) is 18.2 Å². The van der Waals surface area contributed by atoms with Crippen molar-refractivity contribution in [3.8, 4) is 0 Å². The quantitative estimate of drug-likeness (QED) is 0.519. The van der Waals surface area contributed by atoms with E-state index in [1.165, 1.54) is 22.2 Å². The summed E-state index contributed by atoms with van der Waals surface area (Å²) in [6.07, 6.45) is 5.91. The Kier molecular flexibility index (Phi) is 5.22. The molecule has 0 bridgehead atoms. The van der Waals surface area contributed by atoms with Crippen molar-refractivity contribution in [2.75, 3.05) is 12.3 Å². The maximum Gasteiger partial charge on any atom is 0.233 e. The number of amides is 1. The lowest BCUT2D eigenvalue weighted by Gasteiger charge is -2.35. The highest BCUT2D eigenvalue weighted by Gasteiger charge is 2.32. The summed E-state index contributed by atoms with van der Waals surface area (Å²) in [6.45, 7) is 3.58. The summed E-state index contributed by atoms with van der Waals surface area (Å²) in [7, 11) is 0. The third-order valence-corrected chi connectivity index (χ3v) is 7.66. The molecule has 0 spiro atoms. The largest absolute Gasteiger partial charge is 0.467 e. The Morgan fingerprint density at radius 2 is 2.24 bits per heavy atom. The number of fused-ring (bicyclic) bond motifs is 1. The molecule has 1 aliphatic heterocycles. The van der Waals surface area contributed by atoms with Crippen molar-refractivity contribution in [2.45, 2.75) is 56.3 Å². The molecule has 1 atom stereocenters. The second-order valence-electron chi connectivity index (χ2n) is 7.63. The van der Waals surface area contributed by atoms with Crippen LogP contribution in [0.3, 0.4) is 0 Å². The van der Waals surface area contributed by atoms with Crippen molar-refractivity contribution in [1.29, 1.82) is 0 Å². The molecule has 152 valence electrons. The topological polar surface area (TPSA) is 64.2 Å². The van der Waals surface area contributed by atoms with Crippen LogP contribution in [-0.4, -0.2) is 37.9 Å². The molecule has 29 heavy (non-hydrogen) atoms. The standard InChI is InChI=1S/C21H24N4O2S2/c1-2-17-16-8-11-28-18(16)7-9-24(17)19(26)13-29-21-23-22-20(14-5-6-14)25(21)12-15-4-3-10-27-15/h3-4,8,10-11,14,17H,2,5-7,9,12-13H2,1H3. The zero-order valence-electron chi connectivity index (χ0n) is 16.4. The minimum Gasteiger partial charge on any atom is -0.467 e. The molecule has 0 radical (unpaired) electrons. The maximum absolute atomic E-state index is 13.1. The first kappa shape index (κ1) is 18.9. The normalized spacial score (nSPS) is 18.8. The molecule has 8 heteroatoms. The Balaban J connectivity index is 1.30. The van der Waals surface area contributed by atoms with Gasteiger partial charge in [0.05, 0.1) is 24.6 Å². The van der Waals surface area contributed by atoms with Crippen LogP contribution in [0, 0.1) is 0 Å². The van der Waals surface area contributed by atoms with Crippen LogP contribution in [0.4, 0.5) is 0 Å². The minimum atomic E-state index is 0.180. The van der Waals surface area contributed by atoms with Gasteiger partial charge in [-0.3, -0.25) is 9.36 Å². The van der Waals surface area contributed by atoms with Gasteiger partial charge in [0.25, 0.3) is 0 Å². The molecule has 2 aliphatic rings. The van der Waals surface area contributed by atoms with Gasteiger partial charge in [-0.15, -0.1) is 21.5 Å².